The van der Waals surface area contributed by atoms with Crippen LogP contribution in [0.25, 0.3) is 22.2 Å². The number of nitrogens with zero attached hydrogens (tertiary/aromatic N) is 3. The first kappa shape index (κ1) is 18.0. The van der Waals surface area contributed by atoms with E-state index in [0.717, 1.165) is 11.6 Å². The van der Waals surface area contributed by atoms with E-state index in [0.29, 0.717) is 22.3 Å². The lowest BCUT2D eigenvalue weighted by molar-refractivity contribution is 0.404. The van der Waals surface area contributed by atoms with E-state index in [2.05, 4.69) is 15.0 Å². The number of rotatable bonds is 2. The molecule has 2 atom stereocenters. The van der Waals surface area contributed by atoms with Gasteiger partial charge in [-0.15, -0.1) is 0 Å². The van der Waals surface area contributed by atoms with Crippen LogP contribution in [-0.2, 0) is 0 Å². The van der Waals surface area contributed by atoms with Gasteiger partial charge in [0.2, 0.25) is 0 Å². The summed E-state index contributed by atoms with van der Waals surface area (Å²) in [6.45, 7) is 3.82. The van der Waals surface area contributed by atoms with E-state index in [-0.39, 0.29) is 29.0 Å². The van der Waals surface area contributed by atoms with Gasteiger partial charge in [0, 0.05) is 22.9 Å². The second-order valence-corrected chi connectivity index (χ2v) is 6.94. The van der Waals surface area contributed by atoms with Crippen molar-refractivity contribution in [3.8, 4) is 11.3 Å². The number of aromatic nitrogens is 3. The van der Waals surface area contributed by atoms with Crippen molar-refractivity contribution in [1.29, 1.82) is 0 Å². The molecule has 2 aromatic heterocycles. The van der Waals surface area contributed by atoms with Gasteiger partial charge < -0.3 is 10.8 Å². The highest BCUT2D eigenvalue weighted by atomic mass is 19.1. The zero-order valence-electron chi connectivity index (χ0n) is 15.3. The van der Waals surface area contributed by atoms with Crippen molar-refractivity contribution in [1.82, 2.24) is 15.0 Å². The van der Waals surface area contributed by atoms with Crippen molar-refractivity contribution in [2.75, 3.05) is 5.73 Å². The number of hydrogen-bond acceptors (Lipinski definition) is 5. The number of halogens is 2. The maximum Gasteiger partial charge on any atom is 0.135 e. The predicted molar refractivity (Wildman–Crippen MR) is 103 cm³/mol. The molecule has 3 aromatic rings. The number of aliphatic hydroxyl groups excluding tert-OH is 1. The van der Waals surface area contributed by atoms with Crippen LogP contribution in [0.15, 0.2) is 54.1 Å². The molecule has 5 nitrogen and oxygen atoms in total. The maximum absolute atomic E-state index is 14.4. The Kier molecular flexibility index (Phi) is 4.30. The molecule has 2 heterocycles. The topological polar surface area (TPSA) is 84.9 Å². The minimum Gasteiger partial charge on any atom is -0.508 e. The highest BCUT2D eigenvalue weighted by Gasteiger charge is 2.29. The van der Waals surface area contributed by atoms with Crippen LogP contribution >= 0.6 is 0 Å². The summed E-state index contributed by atoms with van der Waals surface area (Å²) < 4.78 is 27.8. The summed E-state index contributed by atoms with van der Waals surface area (Å²) in [5.41, 5.74) is 8.34. The Balaban J connectivity index is 2.03. The van der Waals surface area contributed by atoms with E-state index >= 15 is 0 Å². The van der Waals surface area contributed by atoms with Gasteiger partial charge in [0.15, 0.2) is 0 Å². The van der Waals surface area contributed by atoms with Gasteiger partial charge in [-0.05, 0) is 42.7 Å². The van der Waals surface area contributed by atoms with Gasteiger partial charge in [0.25, 0.3) is 0 Å². The fraction of sp³-hybridized carbons (Fsp3) is 0.190. The summed E-state index contributed by atoms with van der Waals surface area (Å²) in [5, 5.41) is 10.7. The summed E-state index contributed by atoms with van der Waals surface area (Å²) in [7, 11) is 0. The molecule has 142 valence electrons. The fourth-order valence-electron chi connectivity index (χ4n) is 3.65. The van der Waals surface area contributed by atoms with Crippen LogP contribution in [0, 0.1) is 17.6 Å². The van der Waals surface area contributed by atoms with E-state index in [1.54, 1.807) is 12.1 Å². The number of nitrogen functional groups attached to an aromatic ring is 1. The second kappa shape index (κ2) is 6.67. The molecule has 1 aliphatic rings. The zero-order valence-corrected chi connectivity index (χ0v) is 15.3. The molecule has 1 aromatic carbocycles. The average molecular weight is 380 g/mol. The van der Waals surface area contributed by atoms with E-state index in [9.17, 15) is 13.9 Å². The summed E-state index contributed by atoms with van der Waals surface area (Å²) in [4.78, 5) is 13.0. The van der Waals surface area contributed by atoms with Gasteiger partial charge >= 0.3 is 0 Å². The number of fused-ring (bicyclic) bond motifs is 1. The summed E-state index contributed by atoms with van der Waals surface area (Å²) in [5.74, 6) is -1.23. The fourth-order valence-corrected chi connectivity index (χ4v) is 3.65. The number of benzene rings is 1. The molecule has 1 unspecified atom stereocenters. The van der Waals surface area contributed by atoms with Crippen LogP contribution in [0.5, 0.6) is 0 Å². The van der Waals surface area contributed by atoms with Gasteiger partial charge in [-0.1, -0.05) is 13.0 Å². The number of anilines is 1. The molecule has 0 fully saturated rings. The van der Waals surface area contributed by atoms with Crippen LogP contribution in [0.3, 0.4) is 0 Å². The van der Waals surface area contributed by atoms with Gasteiger partial charge in [0.1, 0.15) is 29.5 Å². The molecule has 3 N–H and O–H groups in total. The van der Waals surface area contributed by atoms with Crippen molar-refractivity contribution in [3.63, 3.8) is 0 Å². The molecule has 1 aliphatic carbocycles. The first-order valence-electron chi connectivity index (χ1n) is 8.81. The monoisotopic (exact) mass is 380 g/mol. The minimum atomic E-state index is -0.722. The van der Waals surface area contributed by atoms with Crippen LogP contribution in [0.4, 0.5) is 14.6 Å². The molecule has 0 saturated heterocycles. The number of aliphatic hydroxyl groups is 1. The third-order valence-electron chi connectivity index (χ3n) is 5.13. The number of pyridine rings is 1. The Morgan fingerprint density at radius 2 is 1.93 bits per heavy atom. The predicted octanol–water partition coefficient (Wildman–Crippen LogP) is 4.67. The van der Waals surface area contributed by atoms with Crippen molar-refractivity contribution in [2.24, 2.45) is 5.92 Å². The normalized spacial score (nSPS) is 19.4. The molecule has 0 spiro atoms. The lowest BCUT2D eigenvalue weighted by atomic mass is 9.80. The Labute approximate surface area is 160 Å². The van der Waals surface area contributed by atoms with Crippen molar-refractivity contribution < 1.29 is 13.9 Å². The molecule has 4 rings (SSSR count). The molecule has 28 heavy (non-hydrogen) atoms. The summed E-state index contributed by atoms with van der Waals surface area (Å²) in [6, 6.07) is 4.94. The van der Waals surface area contributed by atoms with Crippen molar-refractivity contribution in [3.05, 3.63) is 71.4 Å². The number of allylic oxidation sites excluding steroid dienone is 3. The molecule has 7 heteroatoms. The molecular formula is C21H18F2N4O. The molecule has 0 aliphatic heterocycles. The molecule has 0 radical (unpaired) electrons. The first-order chi connectivity index (χ1) is 13.4. The van der Waals surface area contributed by atoms with Crippen LogP contribution in [-0.4, -0.2) is 20.1 Å². The smallest absolute Gasteiger partial charge is 0.135 e. The van der Waals surface area contributed by atoms with E-state index in [1.807, 2.05) is 19.9 Å². The van der Waals surface area contributed by atoms with Crippen LogP contribution in [0.2, 0.25) is 0 Å². The van der Waals surface area contributed by atoms with E-state index in [4.69, 9.17) is 5.73 Å². The SMILES string of the molecule is CC1=C(O)C=C[C@@H](C)C1c1nc(-c2ccc(F)cc2F)cc2c(N)ncnc12. The standard InChI is InChI=1S/C21H18F2N4O/c1-10-3-6-17(28)11(2)18(10)20-19-14(21(24)26-9-25-19)8-16(27-20)13-5-4-12(22)7-15(13)23/h3-10,18,28H,1-2H3,(H2,24,25,26)/t10-,18?/m1/s1. The average Bonchev–Trinajstić information content (AvgIpc) is 2.65. The minimum absolute atomic E-state index is 0.0242. The first-order valence-corrected chi connectivity index (χ1v) is 8.81. The van der Waals surface area contributed by atoms with Crippen molar-refractivity contribution in [2.45, 2.75) is 19.8 Å². The third kappa shape index (κ3) is 2.89. The zero-order chi connectivity index (χ0) is 20.0. The number of nitrogens with two attached hydrogens (primary N) is 1. The largest absolute Gasteiger partial charge is 0.508 e. The lowest BCUT2D eigenvalue weighted by Gasteiger charge is -2.27. The highest BCUT2D eigenvalue weighted by Crippen LogP contribution is 2.40. The van der Waals surface area contributed by atoms with E-state index in [1.165, 1.54) is 18.5 Å². The lowest BCUT2D eigenvalue weighted by Crippen LogP contribution is -2.17. The van der Waals surface area contributed by atoms with Gasteiger partial charge in [-0.3, -0.25) is 0 Å². The molecule has 0 amide bonds. The Morgan fingerprint density at radius 3 is 2.68 bits per heavy atom. The Morgan fingerprint density at radius 1 is 1.14 bits per heavy atom. The summed E-state index contributed by atoms with van der Waals surface area (Å²) in [6.07, 6.45) is 4.89. The van der Waals surface area contributed by atoms with Crippen LogP contribution in [0.1, 0.15) is 25.5 Å². The summed E-state index contributed by atoms with van der Waals surface area (Å²) >= 11 is 0. The third-order valence-corrected chi connectivity index (χ3v) is 5.13. The van der Waals surface area contributed by atoms with Gasteiger partial charge in [-0.25, -0.2) is 23.7 Å². The Bertz CT molecular complexity index is 1160. The Hall–Kier alpha value is -3.35. The number of hydrogen-bond donors (Lipinski definition) is 2. The maximum atomic E-state index is 14.4. The van der Waals surface area contributed by atoms with E-state index < -0.39 is 11.6 Å². The van der Waals surface area contributed by atoms with Crippen LogP contribution < -0.4 is 5.73 Å². The second-order valence-electron chi connectivity index (χ2n) is 6.94. The highest BCUT2D eigenvalue weighted by molar-refractivity contribution is 5.92. The van der Waals surface area contributed by atoms with Gasteiger partial charge in [-0.2, -0.15) is 0 Å². The molecular weight excluding hydrogens is 362 g/mol. The van der Waals surface area contributed by atoms with Crippen molar-refractivity contribution >= 4 is 16.7 Å². The quantitative estimate of drug-likeness (QED) is 0.675. The molecule has 0 saturated carbocycles. The molecule has 0 bridgehead atoms. The van der Waals surface area contributed by atoms with Gasteiger partial charge in [0.05, 0.1) is 16.9 Å².